The third-order valence-electron chi connectivity index (χ3n) is 2.56. The molecule has 0 aliphatic carbocycles. The molecular formula is C12H15N3O3S2. The van der Waals surface area contributed by atoms with Gasteiger partial charge in [0.15, 0.2) is 5.13 Å². The number of sulfonamides is 1. The summed E-state index contributed by atoms with van der Waals surface area (Å²) in [5, 5.41) is 2.24. The van der Waals surface area contributed by atoms with Gasteiger partial charge in [-0.2, -0.15) is 0 Å². The summed E-state index contributed by atoms with van der Waals surface area (Å²) in [7, 11) is -2.03. The molecule has 0 unspecified atom stereocenters. The molecule has 0 radical (unpaired) electrons. The first-order chi connectivity index (χ1) is 9.53. The summed E-state index contributed by atoms with van der Waals surface area (Å²) in [5.41, 5.74) is 6.97. The van der Waals surface area contributed by atoms with Gasteiger partial charge in [0.05, 0.1) is 17.2 Å². The number of methoxy groups -OCH3 is 1. The molecule has 8 heteroatoms. The van der Waals surface area contributed by atoms with E-state index in [4.69, 9.17) is 10.5 Å². The molecule has 0 saturated carbocycles. The van der Waals surface area contributed by atoms with E-state index in [1.54, 1.807) is 23.6 Å². The summed E-state index contributed by atoms with van der Waals surface area (Å²) in [6.45, 7) is 0.550. The fourth-order valence-electron chi connectivity index (χ4n) is 1.60. The standard InChI is InChI=1S/C12H15N3O3S2/c1-18-6-5-14-20(16,17)10-4-2-3-9(7-10)11-8-19-12(13)15-11/h2-4,7-8,14H,5-6H2,1H3,(H2,13,15). The smallest absolute Gasteiger partial charge is 0.240 e. The first kappa shape index (κ1) is 14.9. The van der Waals surface area contributed by atoms with Crippen molar-refractivity contribution in [2.24, 2.45) is 0 Å². The van der Waals surface area contributed by atoms with Gasteiger partial charge in [0.2, 0.25) is 10.0 Å². The lowest BCUT2D eigenvalue weighted by Gasteiger charge is -2.07. The summed E-state index contributed by atoms with van der Waals surface area (Å²) in [4.78, 5) is 4.33. The Hall–Kier alpha value is -1.48. The van der Waals surface area contributed by atoms with Crippen molar-refractivity contribution in [1.29, 1.82) is 0 Å². The second kappa shape index (κ2) is 6.31. The number of nitrogens with zero attached hydrogens (tertiary/aromatic N) is 1. The van der Waals surface area contributed by atoms with Crippen LogP contribution in [0.5, 0.6) is 0 Å². The minimum atomic E-state index is -3.54. The lowest BCUT2D eigenvalue weighted by molar-refractivity contribution is 0.204. The highest BCUT2D eigenvalue weighted by Crippen LogP contribution is 2.25. The molecule has 2 rings (SSSR count). The molecule has 1 aromatic carbocycles. The van der Waals surface area contributed by atoms with Gasteiger partial charge < -0.3 is 10.5 Å². The lowest BCUT2D eigenvalue weighted by atomic mass is 10.2. The summed E-state index contributed by atoms with van der Waals surface area (Å²) in [6, 6.07) is 6.58. The molecule has 2 aromatic rings. The summed E-state index contributed by atoms with van der Waals surface area (Å²) in [5.74, 6) is 0. The van der Waals surface area contributed by atoms with E-state index in [9.17, 15) is 8.42 Å². The van der Waals surface area contributed by atoms with Gasteiger partial charge in [-0.05, 0) is 12.1 Å². The van der Waals surface area contributed by atoms with Gasteiger partial charge in [-0.1, -0.05) is 12.1 Å². The monoisotopic (exact) mass is 313 g/mol. The number of benzene rings is 1. The van der Waals surface area contributed by atoms with Crippen molar-refractivity contribution < 1.29 is 13.2 Å². The van der Waals surface area contributed by atoms with Crippen LogP contribution >= 0.6 is 11.3 Å². The van der Waals surface area contributed by atoms with Gasteiger partial charge in [-0.3, -0.25) is 0 Å². The minimum absolute atomic E-state index is 0.192. The molecule has 0 spiro atoms. The average Bonchev–Trinajstić information content (AvgIpc) is 2.86. The van der Waals surface area contributed by atoms with Gasteiger partial charge in [-0.25, -0.2) is 18.1 Å². The highest BCUT2D eigenvalue weighted by Gasteiger charge is 2.14. The molecule has 0 aliphatic rings. The summed E-state index contributed by atoms with van der Waals surface area (Å²) >= 11 is 1.31. The normalized spacial score (nSPS) is 11.7. The Morgan fingerprint density at radius 2 is 2.25 bits per heavy atom. The number of aromatic nitrogens is 1. The number of ether oxygens (including phenoxy) is 1. The van der Waals surface area contributed by atoms with Crippen LogP contribution in [0.2, 0.25) is 0 Å². The third-order valence-corrected chi connectivity index (χ3v) is 4.69. The highest BCUT2D eigenvalue weighted by atomic mass is 32.2. The van der Waals surface area contributed by atoms with Gasteiger partial charge in [0.25, 0.3) is 0 Å². The van der Waals surface area contributed by atoms with Crippen molar-refractivity contribution in [2.45, 2.75) is 4.90 Å². The lowest BCUT2D eigenvalue weighted by Crippen LogP contribution is -2.27. The van der Waals surface area contributed by atoms with Crippen molar-refractivity contribution in [1.82, 2.24) is 9.71 Å². The number of hydrogen-bond acceptors (Lipinski definition) is 6. The molecule has 0 aliphatic heterocycles. The van der Waals surface area contributed by atoms with Crippen LogP contribution in [0.4, 0.5) is 5.13 Å². The zero-order valence-corrected chi connectivity index (χ0v) is 12.5. The van der Waals surface area contributed by atoms with Crippen LogP contribution in [0.3, 0.4) is 0 Å². The van der Waals surface area contributed by atoms with E-state index in [-0.39, 0.29) is 11.4 Å². The number of rotatable bonds is 6. The van der Waals surface area contributed by atoms with Crippen LogP contribution in [-0.4, -0.2) is 33.7 Å². The van der Waals surface area contributed by atoms with Gasteiger partial charge >= 0.3 is 0 Å². The fourth-order valence-corrected chi connectivity index (χ4v) is 3.23. The first-order valence-electron chi connectivity index (χ1n) is 5.83. The van der Waals surface area contributed by atoms with Crippen LogP contribution in [0.25, 0.3) is 11.3 Å². The number of nitrogen functional groups attached to an aromatic ring is 1. The van der Waals surface area contributed by atoms with Gasteiger partial charge in [0.1, 0.15) is 0 Å². The number of nitrogens with two attached hydrogens (primary N) is 1. The number of anilines is 1. The van der Waals surface area contributed by atoms with Gasteiger partial charge in [0, 0.05) is 24.6 Å². The van der Waals surface area contributed by atoms with Crippen molar-refractivity contribution in [3.05, 3.63) is 29.6 Å². The predicted octanol–water partition coefficient (Wildman–Crippen LogP) is 1.32. The first-order valence-corrected chi connectivity index (χ1v) is 8.19. The Balaban J connectivity index is 2.25. The maximum atomic E-state index is 12.1. The molecule has 0 saturated heterocycles. The molecule has 0 amide bonds. The average molecular weight is 313 g/mol. The van der Waals surface area contributed by atoms with E-state index in [0.717, 1.165) is 0 Å². The molecule has 6 nitrogen and oxygen atoms in total. The molecule has 0 fully saturated rings. The molecule has 1 aromatic heterocycles. The number of nitrogens with one attached hydrogen (secondary N) is 1. The van der Waals surface area contributed by atoms with Crippen molar-refractivity contribution in [3.8, 4) is 11.3 Å². The van der Waals surface area contributed by atoms with Gasteiger partial charge in [-0.15, -0.1) is 11.3 Å². The Kier molecular flexibility index (Phi) is 4.71. The van der Waals surface area contributed by atoms with Crippen LogP contribution in [0.15, 0.2) is 34.5 Å². The zero-order valence-electron chi connectivity index (χ0n) is 10.9. The molecule has 108 valence electrons. The van der Waals surface area contributed by atoms with E-state index in [1.165, 1.54) is 24.5 Å². The Morgan fingerprint density at radius 1 is 1.45 bits per heavy atom. The number of thiazole rings is 1. The van der Waals surface area contributed by atoms with Crippen molar-refractivity contribution >= 4 is 26.5 Å². The molecule has 0 bridgehead atoms. The quantitative estimate of drug-likeness (QED) is 0.784. The second-order valence-corrected chi connectivity index (χ2v) is 6.65. The van der Waals surface area contributed by atoms with Crippen molar-refractivity contribution in [3.63, 3.8) is 0 Å². The maximum Gasteiger partial charge on any atom is 0.240 e. The second-order valence-electron chi connectivity index (χ2n) is 3.99. The zero-order chi connectivity index (χ0) is 14.6. The van der Waals surface area contributed by atoms with Crippen LogP contribution in [0, 0.1) is 0 Å². The Bertz CT molecular complexity index is 683. The molecule has 20 heavy (non-hydrogen) atoms. The van der Waals surface area contributed by atoms with E-state index >= 15 is 0 Å². The largest absolute Gasteiger partial charge is 0.383 e. The van der Waals surface area contributed by atoms with Crippen LogP contribution in [0.1, 0.15) is 0 Å². The predicted molar refractivity (Wildman–Crippen MR) is 79.0 cm³/mol. The van der Waals surface area contributed by atoms with Crippen LogP contribution < -0.4 is 10.5 Å². The van der Waals surface area contributed by atoms with Crippen LogP contribution in [-0.2, 0) is 14.8 Å². The minimum Gasteiger partial charge on any atom is -0.383 e. The fraction of sp³-hybridized carbons (Fsp3) is 0.250. The van der Waals surface area contributed by atoms with E-state index in [1.807, 2.05) is 0 Å². The molecule has 0 atom stereocenters. The Labute approximate surface area is 121 Å². The summed E-state index contributed by atoms with van der Waals surface area (Å²) < 4.78 is 31.5. The summed E-state index contributed by atoms with van der Waals surface area (Å²) in [6.07, 6.45) is 0. The topological polar surface area (TPSA) is 94.3 Å². The van der Waals surface area contributed by atoms with E-state index < -0.39 is 10.0 Å². The van der Waals surface area contributed by atoms with E-state index in [0.29, 0.717) is 23.0 Å². The molecule has 1 heterocycles. The number of hydrogen-bond donors (Lipinski definition) is 2. The van der Waals surface area contributed by atoms with E-state index in [2.05, 4.69) is 9.71 Å². The third kappa shape index (κ3) is 3.54. The highest BCUT2D eigenvalue weighted by molar-refractivity contribution is 7.89. The van der Waals surface area contributed by atoms with Crippen molar-refractivity contribution in [2.75, 3.05) is 26.0 Å². The Morgan fingerprint density at radius 3 is 2.90 bits per heavy atom. The maximum absolute atomic E-state index is 12.1. The SMILES string of the molecule is COCCNS(=O)(=O)c1cccc(-c2csc(N)n2)c1. The molecular weight excluding hydrogens is 298 g/mol. The molecule has 3 N–H and O–H groups in total.